The maximum atomic E-state index is 14.7. The maximum Gasteiger partial charge on any atom is 0.274 e. The van der Waals surface area contributed by atoms with Gasteiger partial charge in [0, 0.05) is 37.6 Å². The van der Waals surface area contributed by atoms with Crippen LogP contribution in [0.2, 0.25) is 0 Å². The summed E-state index contributed by atoms with van der Waals surface area (Å²) in [6.45, 7) is 0. The van der Waals surface area contributed by atoms with Crippen molar-refractivity contribution in [3.63, 3.8) is 0 Å². The van der Waals surface area contributed by atoms with Gasteiger partial charge in [0.15, 0.2) is 11.6 Å². The standard InChI is InChI=1S/C25H17F3N4O3/c1-29-24(33)22-13-17(6-8-31-22)35-18-11-19(27)23(20(28)12-18)32-25(34)21-10-15(5-7-30-21)14-3-2-4-16(26)9-14/h2-13H,1H3,(H,29,33)(H,32,34). The number of hydrogen-bond acceptors (Lipinski definition) is 5. The third-order valence-corrected chi connectivity index (χ3v) is 4.83. The monoisotopic (exact) mass is 478 g/mol. The molecule has 0 aliphatic heterocycles. The van der Waals surface area contributed by atoms with Crippen molar-refractivity contribution in [1.82, 2.24) is 15.3 Å². The van der Waals surface area contributed by atoms with Crippen molar-refractivity contribution in [2.24, 2.45) is 0 Å². The molecular weight excluding hydrogens is 461 g/mol. The Balaban J connectivity index is 1.53. The molecule has 7 nitrogen and oxygen atoms in total. The summed E-state index contributed by atoms with van der Waals surface area (Å²) in [4.78, 5) is 32.1. The summed E-state index contributed by atoms with van der Waals surface area (Å²) in [5, 5.41) is 4.57. The van der Waals surface area contributed by atoms with Gasteiger partial charge in [-0.15, -0.1) is 0 Å². The smallest absolute Gasteiger partial charge is 0.274 e. The summed E-state index contributed by atoms with van der Waals surface area (Å²) in [7, 11) is 1.43. The largest absolute Gasteiger partial charge is 0.457 e. The van der Waals surface area contributed by atoms with E-state index >= 15 is 0 Å². The molecule has 0 atom stereocenters. The number of aromatic nitrogens is 2. The highest BCUT2D eigenvalue weighted by Gasteiger charge is 2.18. The highest BCUT2D eigenvalue weighted by atomic mass is 19.1. The maximum absolute atomic E-state index is 14.7. The molecule has 2 N–H and O–H groups in total. The van der Waals surface area contributed by atoms with Gasteiger partial charge in [0.1, 0.15) is 34.4 Å². The van der Waals surface area contributed by atoms with E-state index in [0.717, 1.165) is 12.1 Å². The van der Waals surface area contributed by atoms with Gasteiger partial charge in [-0.3, -0.25) is 19.6 Å². The zero-order valence-corrected chi connectivity index (χ0v) is 18.2. The van der Waals surface area contributed by atoms with Crippen molar-refractivity contribution >= 4 is 17.5 Å². The molecule has 0 aliphatic carbocycles. The van der Waals surface area contributed by atoms with Crippen LogP contribution in [0, 0.1) is 17.5 Å². The number of ether oxygens (including phenoxy) is 1. The van der Waals surface area contributed by atoms with E-state index in [2.05, 4.69) is 20.6 Å². The Morgan fingerprint density at radius 1 is 0.771 bits per heavy atom. The minimum absolute atomic E-state index is 0.0581. The second kappa shape index (κ2) is 10.0. The van der Waals surface area contributed by atoms with E-state index in [-0.39, 0.29) is 22.9 Å². The average molecular weight is 478 g/mol. The van der Waals surface area contributed by atoms with E-state index < -0.39 is 35.0 Å². The molecule has 0 aliphatic rings. The van der Waals surface area contributed by atoms with Gasteiger partial charge in [0.2, 0.25) is 0 Å². The summed E-state index contributed by atoms with van der Waals surface area (Å²) < 4.78 is 48.3. The molecule has 176 valence electrons. The Bertz CT molecular complexity index is 1410. The number of rotatable bonds is 6. The molecular formula is C25H17F3N4O3. The summed E-state index contributed by atoms with van der Waals surface area (Å²) in [6, 6.07) is 13.2. The predicted octanol–water partition coefficient (Wildman–Crippen LogP) is 4.97. The normalized spacial score (nSPS) is 10.5. The minimum Gasteiger partial charge on any atom is -0.457 e. The Kier molecular flexibility index (Phi) is 6.72. The van der Waals surface area contributed by atoms with Crippen molar-refractivity contribution in [2.45, 2.75) is 0 Å². The summed E-state index contributed by atoms with van der Waals surface area (Å²) in [5.74, 6) is -4.01. The molecule has 4 rings (SSSR count). The van der Waals surface area contributed by atoms with Crippen LogP contribution in [0.15, 0.2) is 73.1 Å². The molecule has 4 aromatic rings. The molecule has 2 aromatic heterocycles. The number of hydrogen-bond donors (Lipinski definition) is 2. The summed E-state index contributed by atoms with van der Waals surface area (Å²) in [6.07, 6.45) is 2.65. The third-order valence-electron chi connectivity index (χ3n) is 4.83. The zero-order chi connectivity index (χ0) is 24.9. The number of pyridine rings is 2. The molecule has 2 heterocycles. The number of amides is 2. The Labute approximate surface area is 197 Å². The van der Waals surface area contributed by atoms with E-state index in [1.807, 2.05) is 0 Å². The van der Waals surface area contributed by atoms with Crippen LogP contribution in [0.4, 0.5) is 18.9 Å². The first kappa shape index (κ1) is 23.4. The molecule has 0 spiro atoms. The molecule has 0 radical (unpaired) electrons. The van der Waals surface area contributed by atoms with Crippen LogP contribution in [0.5, 0.6) is 11.5 Å². The van der Waals surface area contributed by atoms with Crippen LogP contribution in [0.25, 0.3) is 11.1 Å². The van der Waals surface area contributed by atoms with Gasteiger partial charge in [-0.1, -0.05) is 12.1 Å². The number of nitrogens with zero attached hydrogens (tertiary/aromatic N) is 2. The van der Waals surface area contributed by atoms with E-state index in [4.69, 9.17) is 4.74 Å². The van der Waals surface area contributed by atoms with Crippen molar-refractivity contribution < 1.29 is 27.5 Å². The summed E-state index contributed by atoms with van der Waals surface area (Å²) >= 11 is 0. The van der Waals surface area contributed by atoms with Crippen molar-refractivity contribution in [3.05, 3.63) is 102 Å². The zero-order valence-electron chi connectivity index (χ0n) is 18.2. The van der Waals surface area contributed by atoms with E-state index in [9.17, 15) is 22.8 Å². The Morgan fingerprint density at radius 3 is 2.11 bits per heavy atom. The van der Waals surface area contributed by atoms with Crippen LogP contribution in [0.3, 0.4) is 0 Å². The van der Waals surface area contributed by atoms with Crippen molar-refractivity contribution in [1.29, 1.82) is 0 Å². The fourth-order valence-electron chi connectivity index (χ4n) is 3.17. The molecule has 35 heavy (non-hydrogen) atoms. The first-order valence-corrected chi connectivity index (χ1v) is 10.2. The van der Waals surface area contributed by atoms with Gasteiger partial charge >= 0.3 is 0 Å². The summed E-state index contributed by atoms with van der Waals surface area (Å²) in [5.41, 5.74) is 0.257. The van der Waals surface area contributed by atoms with Crippen LogP contribution in [0.1, 0.15) is 21.0 Å². The van der Waals surface area contributed by atoms with Crippen LogP contribution in [-0.2, 0) is 0 Å². The van der Waals surface area contributed by atoms with Gasteiger partial charge in [0.05, 0.1) is 0 Å². The lowest BCUT2D eigenvalue weighted by molar-refractivity contribution is 0.0957. The second-order valence-electron chi connectivity index (χ2n) is 7.21. The molecule has 0 unspecified atom stereocenters. The first-order chi connectivity index (χ1) is 16.8. The number of carbonyl (C=O) groups is 2. The number of halogens is 3. The van der Waals surface area contributed by atoms with E-state index in [0.29, 0.717) is 11.1 Å². The molecule has 0 saturated carbocycles. The Hall–Kier alpha value is -4.73. The van der Waals surface area contributed by atoms with Crippen LogP contribution in [-0.4, -0.2) is 28.8 Å². The fraction of sp³-hybridized carbons (Fsp3) is 0.0400. The van der Waals surface area contributed by atoms with Gasteiger partial charge < -0.3 is 15.4 Å². The molecule has 2 aromatic carbocycles. The molecule has 0 fully saturated rings. The molecule has 0 bridgehead atoms. The predicted molar refractivity (Wildman–Crippen MR) is 122 cm³/mol. The van der Waals surface area contributed by atoms with Gasteiger partial charge in [-0.25, -0.2) is 13.2 Å². The molecule has 10 heteroatoms. The van der Waals surface area contributed by atoms with Gasteiger partial charge in [-0.05, 0) is 41.5 Å². The second-order valence-corrected chi connectivity index (χ2v) is 7.21. The molecule has 0 saturated heterocycles. The average Bonchev–Trinajstić information content (AvgIpc) is 2.86. The lowest BCUT2D eigenvalue weighted by Crippen LogP contribution is -2.19. The highest BCUT2D eigenvalue weighted by Crippen LogP contribution is 2.29. The molecule has 2 amide bonds. The number of benzene rings is 2. The fourth-order valence-corrected chi connectivity index (χ4v) is 3.17. The first-order valence-electron chi connectivity index (χ1n) is 10.2. The quantitative estimate of drug-likeness (QED) is 0.408. The topological polar surface area (TPSA) is 93.2 Å². The van der Waals surface area contributed by atoms with Gasteiger partial charge in [0.25, 0.3) is 11.8 Å². The van der Waals surface area contributed by atoms with Gasteiger partial charge in [-0.2, -0.15) is 0 Å². The number of nitrogens with one attached hydrogen (secondary N) is 2. The lowest BCUT2D eigenvalue weighted by Gasteiger charge is -2.11. The number of anilines is 1. The van der Waals surface area contributed by atoms with E-state index in [1.165, 1.54) is 55.8 Å². The van der Waals surface area contributed by atoms with Crippen molar-refractivity contribution in [3.8, 4) is 22.6 Å². The lowest BCUT2D eigenvalue weighted by atomic mass is 10.1. The number of carbonyl (C=O) groups excluding carboxylic acids is 2. The SMILES string of the molecule is CNC(=O)c1cc(Oc2cc(F)c(NC(=O)c3cc(-c4cccc(F)c4)ccn3)c(F)c2)ccn1. The van der Waals surface area contributed by atoms with Crippen molar-refractivity contribution in [2.75, 3.05) is 12.4 Å². The minimum atomic E-state index is -1.09. The van der Waals surface area contributed by atoms with Crippen LogP contribution >= 0.6 is 0 Å². The third kappa shape index (κ3) is 5.44. The van der Waals surface area contributed by atoms with E-state index in [1.54, 1.807) is 12.1 Å². The van der Waals surface area contributed by atoms with Crippen LogP contribution < -0.4 is 15.4 Å². The highest BCUT2D eigenvalue weighted by molar-refractivity contribution is 6.03. The Morgan fingerprint density at radius 2 is 1.43 bits per heavy atom.